The Kier molecular flexibility index (Phi) is 5.32. The fraction of sp³-hybridized carbons (Fsp3) is 0.211. The average Bonchev–Trinajstić information content (AvgIpc) is 3.22. The van der Waals surface area contributed by atoms with Crippen LogP contribution in [0.5, 0.6) is 5.75 Å². The molecule has 140 valence electrons. The Bertz CT molecular complexity index is 973. The molecule has 27 heavy (non-hydrogen) atoms. The van der Waals surface area contributed by atoms with E-state index in [4.69, 9.17) is 25.5 Å². The number of anilines is 2. The van der Waals surface area contributed by atoms with Crippen molar-refractivity contribution in [1.82, 2.24) is 9.97 Å². The van der Waals surface area contributed by atoms with Gasteiger partial charge in [0.15, 0.2) is 17.3 Å². The zero-order chi connectivity index (χ0) is 19.6. The van der Waals surface area contributed by atoms with E-state index in [1.165, 1.54) is 13.4 Å². The maximum atomic E-state index is 12.2. The van der Waals surface area contributed by atoms with E-state index < -0.39 is 5.97 Å². The van der Waals surface area contributed by atoms with Crippen LogP contribution in [0.1, 0.15) is 16.1 Å². The van der Waals surface area contributed by atoms with Crippen molar-refractivity contribution in [2.45, 2.75) is 6.92 Å². The Hall–Kier alpha value is -3.06. The van der Waals surface area contributed by atoms with Crippen molar-refractivity contribution in [3.8, 4) is 17.1 Å². The molecule has 2 aromatic heterocycles. The van der Waals surface area contributed by atoms with Crippen LogP contribution in [0.2, 0.25) is 5.02 Å². The van der Waals surface area contributed by atoms with Crippen LogP contribution in [-0.4, -0.2) is 37.2 Å². The molecule has 0 atom stereocenters. The highest BCUT2D eigenvalue weighted by molar-refractivity contribution is 6.35. The van der Waals surface area contributed by atoms with E-state index in [1.807, 2.05) is 19.1 Å². The summed E-state index contributed by atoms with van der Waals surface area (Å²) in [5.41, 5.74) is 1.61. The number of esters is 1. The fourth-order valence-corrected chi connectivity index (χ4v) is 2.88. The van der Waals surface area contributed by atoms with Crippen molar-refractivity contribution in [3.05, 3.63) is 52.9 Å². The monoisotopic (exact) mass is 387 g/mol. The number of nitrogens with zero attached hydrogens (tertiary/aromatic N) is 3. The molecule has 0 aliphatic carbocycles. The number of ether oxygens (including phenoxy) is 2. The molecule has 0 radical (unpaired) electrons. The number of aryl methyl sites for hydroxylation is 1. The highest BCUT2D eigenvalue weighted by Crippen LogP contribution is 2.34. The molecule has 0 amide bonds. The lowest BCUT2D eigenvalue weighted by atomic mass is 10.1. The first-order valence-corrected chi connectivity index (χ1v) is 8.42. The molecule has 3 rings (SSSR count). The summed E-state index contributed by atoms with van der Waals surface area (Å²) in [6.07, 6.45) is 1.54. The largest absolute Gasteiger partial charge is 0.497 e. The molecule has 0 spiro atoms. The van der Waals surface area contributed by atoms with Crippen LogP contribution in [-0.2, 0) is 4.74 Å². The van der Waals surface area contributed by atoms with Crippen LogP contribution in [0.3, 0.4) is 0 Å². The molecule has 0 saturated carbocycles. The van der Waals surface area contributed by atoms with Crippen molar-refractivity contribution in [3.63, 3.8) is 0 Å². The highest BCUT2D eigenvalue weighted by atomic mass is 35.5. The van der Waals surface area contributed by atoms with E-state index in [-0.39, 0.29) is 10.7 Å². The summed E-state index contributed by atoms with van der Waals surface area (Å²) in [6.45, 7) is 1.91. The minimum atomic E-state index is -0.649. The van der Waals surface area contributed by atoms with Crippen LogP contribution in [0.4, 0.5) is 11.7 Å². The smallest absolute Gasteiger partial charge is 0.358 e. The first-order valence-electron chi connectivity index (χ1n) is 8.04. The van der Waals surface area contributed by atoms with E-state index in [9.17, 15) is 4.79 Å². The molecule has 0 N–H and O–H groups in total. The number of hydrogen-bond donors (Lipinski definition) is 0. The molecule has 2 heterocycles. The number of hydrogen-bond acceptors (Lipinski definition) is 7. The molecule has 0 fully saturated rings. The second kappa shape index (κ2) is 7.67. The Morgan fingerprint density at radius 3 is 2.59 bits per heavy atom. The zero-order valence-corrected chi connectivity index (χ0v) is 16.1. The van der Waals surface area contributed by atoms with Gasteiger partial charge in [0, 0.05) is 18.7 Å². The number of rotatable bonds is 5. The number of aromatic nitrogens is 2. The minimum absolute atomic E-state index is 0.0206. The normalized spacial score (nSPS) is 10.6. The van der Waals surface area contributed by atoms with Crippen LogP contribution < -0.4 is 9.64 Å². The summed E-state index contributed by atoms with van der Waals surface area (Å²) in [5, 5.41) is 0.0793. The number of benzene rings is 1. The SMILES string of the molecule is COC(=O)c1nc(-c2ccc(OC)cc2C)nc(N(C)c2ccco2)c1Cl. The van der Waals surface area contributed by atoms with Gasteiger partial charge in [0.05, 0.1) is 20.5 Å². The van der Waals surface area contributed by atoms with E-state index >= 15 is 0 Å². The van der Waals surface area contributed by atoms with E-state index in [2.05, 4.69) is 9.97 Å². The second-order valence-corrected chi connectivity index (χ2v) is 6.09. The fourth-order valence-electron chi connectivity index (χ4n) is 2.59. The van der Waals surface area contributed by atoms with E-state index in [0.29, 0.717) is 23.3 Å². The van der Waals surface area contributed by atoms with Gasteiger partial charge >= 0.3 is 5.97 Å². The molecule has 8 heteroatoms. The summed E-state index contributed by atoms with van der Waals surface area (Å²) in [5.74, 6) is 1.25. The molecule has 0 bridgehead atoms. The summed E-state index contributed by atoms with van der Waals surface area (Å²) >= 11 is 6.41. The van der Waals surface area contributed by atoms with Gasteiger partial charge in [-0.15, -0.1) is 0 Å². The lowest BCUT2D eigenvalue weighted by Gasteiger charge is -2.19. The van der Waals surface area contributed by atoms with Gasteiger partial charge in [0.1, 0.15) is 10.8 Å². The van der Waals surface area contributed by atoms with Crippen LogP contribution in [0.25, 0.3) is 11.4 Å². The summed E-state index contributed by atoms with van der Waals surface area (Å²) in [4.78, 5) is 22.7. The standard InChI is InChI=1S/C19H18ClN3O4/c1-11-10-12(25-3)7-8-13(11)17-21-16(19(24)26-4)15(20)18(22-17)23(2)14-6-5-9-27-14/h5-10H,1-4H3. The third-order valence-corrected chi connectivity index (χ3v) is 4.39. The number of halogens is 1. The van der Waals surface area contributed by atoms with Crippen LogP contribution in [0.15, 0.2) is 41.0 Å². The van der Waals surface area contributed by atoms with Gasteiger partial charge in [-0.25, -0.2) is 14.8 Å². The number of furan rings is 1. The Morgan fingerprint density at radius 1 is 1.22 bits per heavy atom. The number of carbonyl (C=O) groups is 1. The molecule has 3 aromatic rings. The van der Waals surface area contributed by atoms with Crippen molar-refractivity contribution < 1.29 is 18.7 Å². The van der Waals surface area contributed by atoms with Gasteiger partial charge < -0.3 is 13.9 Å². The lowest BCUT2D eigenvalue weighted by molar-refractivity contribution is 0.0594. The Balaban J connectivity index is 2.20. The third-order valence-electron chi connectivity index (χ3n) is 4.04. The second-order valence-electron chi connectivity index (χ2n) is 5.72. The van der Waals surface area contributed by atoms with Gasteiger partial charge in [-0.3, -0.25) is 4.90 Å². The molecule has 0 aliphatic heterocycles. The van der Waals surface area contributed by atoms with Gasteiger partial charge in [0.2, 0.25) is 5.88 Å². The van der Waals surface area contributed by atoms with Gasteiger partial charge in [0.25, 0.3) is 0 Å². The Labute approximate surface area is 161 Å². The summed E-state index contributed by atoms with van der Waals surface area (Å²) in [7, 11) is 4.60. The van der Waals surface area contributed by atoms with Crippen molar-refractivity contribution in [1.29, 1.82) is 0 Å². The minimum Gasteiger partial charge on any atom is -0.497 e. The molecular weight excluding hydrogens is 370 g/mol. The number of carbonyl (C=O) groups excluding carboxylic acids is 1. The van der Waals surface area contributed by atoms with Gasteiger partial charge in [-0.1, -0.05) is 11.6 Å². The zero-order valence-electron chi connectivity index (χ0n) is 15.3. The van der Waals surface area contributed by atoms with Crippen molar-refractivity contribution in [2.75, 3.05) is 26.2 Å². The summed E-state index contributed by atoms with van der Waals surface area (Å²) < 4.78 is 15.5. The first kappa shape index (κ1) is 18.7. The van der Waals surface area contributed by atoms with E-state index in [1.54, 1.807) is 37.3 Å². The average molecular weight is 388 g/mol. The predicted molar refractivity (Wildman–Crippen MR) is 102 cm³/mol. The topological polar surface area (TPSA) is 77.7 Å². The van der Waals surface area contributed by atoms with Crippen LogP contribution >= 0.6 is 11.6 Å². The molecular formula is C19H18ClN3O4. The highest BCUT2D eigenvalue weighted by Gasteiger charge is 2.24. The third kappa shape index (κ3) is 3.59. The van der Waals surface area contributed by atoms with Crippen molar-refractivity contribution in [2.24, 2.45) is 0 Å². The van der Waals surface area contributed by atoms with Crippen molar-refractivity contribution >= 4 is 29.3 Å². The maximum absolute atomic E-state index is 12.2. The Morgan fingerprint density at radius 2 is 2.00 bits per heavy atom. The molecule has 0 unspecified atom stereocenters. The first-order chi connectivity index (χ1) is 13.0. The maximum Gasteiger partial charge on any atom is 0.358 e. The van der Waals surface area contributed by atoms with Gasteiger partial charge in [-0.2, -0.15) is 0 Å². The van der Waals surface area contributed by atoms with Crippen LogP contribution in [0, 0.1) is 6.92 Å². The molecule has 0 saturated heterocycles. The quantitative estimate of drug-likeness (QED) is 0.605. The lowest BCUT2D eigenvalue weighted by Crippen LogP contribution is -2.16. The molecule has 1 aromatic carbocycles. The van der Waals surface area contributed by atoms with Gasteiger partial charge in [-0.05, 0) is 36.8 Å². The van der Waals surface area contributed by atoms with E-state index in [0.717, 1.165) is 11.1 Å². The number of methoxy groups -OCH3 is 2. The molecule has 0 aliphatic rings. The summed E-state index contributed by atoms with van der Waals surface area (Å²) in [6, 6.07) is 9.00. The predicted octanol–water partition coefficient (Wildman–Crippen LogP) is 4.26. The molecule has 7 nitrogen and oxygen atoms in total.